The summed E-state index contributed by atoms with van der Waals surface area (Å²) in [6.45, 7) is 1.48. The lowest BCUT2D eigenvalue weighted by Gasteiger charge is -1.98. The first-order chi connectivity index (χ1) is 7.00. The molecular weight excluding hydrogens is 261 g/mol. The van der Waals surface area contributed by atoms with Gasteiger partial charge in [-0.25, -0.2) is 4.39 Å². The third-order valence-corrected chi connectivity index (χ3v) is 3.02. The predicted molar refractivity (Wildman–Crippen MR) is 60.6 cm³/mol. The van der Waals surface area contributed by atoms with Crippen LogP contribution in [0, 0.1) is 5.82 Å². The van der Waals surface area contributed by atoms with Crippen molar-refractivity contribution in [3.63, 3.8) is 0 Å². The Hall–Kier alpha value is -1.16. The average Bonchev–Trinajstić information content (AvgIpc) is 2.45. The second-order valence-corrected chi connectivity index (χ2v) is 4.35. The molecule has 0 N–H and O–H groups in total. The van der Waals surface area contributed by atoms with Gasteiger partial charge in [0.2, 0.25) is 0 Å². The molecule has 2 nitrogen and oxygen atoms in total. The topological polar surface area (TPSA) is 22.0 Å². The van der Waals surface area contributed by atoms with Gasteiger partial charge in [-0.1, -0.05) is 0 Å². The van der Waals surface area contributed by atoms with E-state index in [1.54, 1.807) is 12.3 Å². The standard InChI is InChI=1S/C11H9BrFNO/c1-6(15)8-5-14(2)11-4-9(12)10(13)3-7(8)11/h3-5H,1-2H3. The van der Waals surface area contributed by atoms with E-state index < -0.39 is 0 Å². The lowest BCUT2D eigenvalue weighted by Crippen LogP contribution is -1.89. The third kappa shape index (κ3) is 1.59. The highest BCUT2D eigenvalue weighted by molar-refractivity contribution is 9.10. The molecule has 0 fully saturated rings. The molecule has 0 radical (unpaired) electrons. The van der Waals surface area contributed by atoms with Gasteiger partial charge in [0.15, 0.2) is 5.78 Å². The molecule has 0 aliphatic rings. The van der Waals surface area contributed by atoms with Gasteiger partial charge in [0.25, 0.3) is 0 Å². The quantitative estimate of drug-likeness (QED) is 0.729. The Bertz CT molecular complexity index is 559. The Balaban J connectivity index is 2.88. The first kappa shape index (κ1) is 10.4. The van der Waals surface area contributed by atoms with Crippen LogP contribution in [0.1, 0.15) is 17.3 Å². The van der Waals surface area contributed by atoms with Gasteiger partial charge in [-0.2, -0.15) is 0 Å². The molecule has 0 bridgehead atoms. The van der Waals surface area contributed by atoms with E-state index in [0.29, 0.717) is 15.4 Å². The number of carbonyl (C=O) groups is 1. The van der Waals surface area contributed by atoms with Gasteiger partial charge in [-0.15, -0.1) is 0 Å². The van der Waals surface area contributed by atoms with E-state index in [4.69, 9.17) is 0 Å². The van der Waals surface area contributed by atoms with E-state index in [1.807, 2.05) is 11.6 Å². The highest BCUT2D eigenvalue weighted by Gasteiger charge is 2.12. The number of ketones is 1. The minimum absolute atomic E-state index is 0.0534. The van der Waals surface area contributed by atoms with Gasteiger partial charge in [0.05, 0.1) is 4.47 Å². The average molecular weight is 270 g/mol. The van der Waals surface area contributed by atoms with Crippen molar-refractivity contribution in [1.29, 1.82) is 0 Å². The van der Waals surface area contributed by atoms with E-state index >= 15 is 0 Å². The molecule has 0 unspecified atom stereocenters. The van der Waals surface area contributed by atoms with Crippen LogP contribution in [0.4, 0.5) is 4.39 Å². The molecular formula is C11H9BrFNO. The molecule has 4 heteroatoms. The minimum Gasteiger partial charge on any atom is -0.350 e. The van der Waals surface area contributed by atoms with Gasteiger partial charge in [0.1, 0.15) is 5.82 Å². The number of hydrogen-bond acceptors (Lipinski definition) is 1. The number of Topliss-reactive ketones (excluding diaryl/α,β-unsaturated/α-hetero) is 1. The van der Waals surface area contributed by atoms with Crippen LogP contribution in [0.3, 0.4) is 0 Å². The Morgan fingerprint density at radius 2 is 2.13 bits per heavy atom. The fraction of sp³-hybridized carbons (Fsp3) is 0.182. The molecule has 0 saturated carbocycles. The Labute approximate surface area is 94.8 Å². The van der Waals surface area contributed by atoms with Gasteiger partial charge < -0.3 is 4.57 Å². The van der Waals surface area contributed by atoms with Crippen molar-refractivity contribution in [3.8, 4) is 0 Å². The number of fused-ring (bicyclic) bond motifs is 1. The molecule has 1 aromatic heterocycles. The van der Waals surface area contributed by atoms with Gasteiger partial charge >= 0.3 is 0 Å². The predicted octanol–water partition coefficient (Wildman–Crippen LogP) is 3.28. The maximum absolute atomic E-state index is 13.3. The van der Waals surface area contributed by atoms with E-state index in [9.17, 15) is 9.18 Å². The Kier molecular flexibility index (Phi) is 2.38. The highest BCUT2D eigenvalue weighted by Crippen LogP contribution is 2.27. The summed E-state index contributed by atoms with van der Waals surface area (Å²) in [5.74, 6) is -0.404. The van der Waals surface area contributed by atoms with Crippen molar-refractivity contribution in [2.24, 2.45) is 7.05 Å². The van der Waals surface area contributed by atoms with Gasteiger partial charge in [-0.05, 0) is 35.0 Å². The molecule has 2 rings (SSSR count). The molecule has 0 aliphatic carbocycles. The molecule has 2 aromatic rings. The van der Waals surface area contributed by atoms with E-state index in [0.717, 1.165) is 5.52 Å². The molecule has 1 heterocycles. The number of nitrogens with zero attached hydrogens (tertiary/aromatic N) is 1. The summed E-state index contributed by atoms with van der Waals surface area (Å²) in [4.78, 5) is 11.3. The van der Waals surface area contributed by atoms with E-state index in [-0.39, 0.29) is 11.6 Å². The summed E-state index contributed by atoms with van der Waals surface area (Å²) < 4.78 is 15.6. The van der Waals surface area contributed by atoms with Crippen molar-refractivity contribution in [3.05, 3.63) is 34.2 Å². The van der Waals surface area contributed by atoms with Crippen LogP contribution >= 0.6 is 15.9 Å². The number of aromatic nitrogens is 1. The zero-order valence-corrected chi connectivity index (χ0v) is 9.93. The van der Waals surface area contributed by atoms with Crippen molar-refractivity contribution in [1.82, 2.24) is 4.57 Å². The van der Waals surface area contributed by atoms with E-state index in [2.05, 4.69) is 15.9 Å². The minimum atomic E-state index is -0.351. The molecule has 0 amide bonds. The number of hydrogen-bond donors (Lipinski definition) is 0. The zero-order chi connectivity index (χ0) is 11.2. The Morgan fingerprint density at radius 1 is 1.47 bits per heavy atom. The fourth-order valence-corrected chi connectivity index (χ4v) is 1.99. The number of aryl methyl sites for hydroxylation is 1. The smallest absolute Gasteiger partial charge is 0.161 e. The largest absolute Gasteiger partial charge is 0.350 e. The van der Waals surface area contributed by atoms with Crippen molar-refractivity contribution in [2.45, 2.75) is 6.92 Å². The highest BCUT2D eigenvalue weighted by atomic mass is 79.9. The van der Waals surface area contributed by atoms with Crippen LogP contribution in [0.2, 0.25) is 0 Å². The lowest BCUT2D eigenvalue weighted by molar-refractivity contribution is 0.101. The van der Waals surface area contributed by atoms with Crippen LogP contribution in [0.25, 0.3) is 10.9 Å². The monoisotopic (exact) mass is 269 g/mol. The molecule has 1 aromatic carbocycles. The van der Waals surface area contributed by atoms with Crippen LogP contribution in [-0.4, -0.2) is 10.4 Å². The SMILES string of the molecule is CC(=O)c1cn(C)c2cc(Br)c(F)cc12. The van der Waals surface area contributed by atoms with Gasteiger partial charge in [-0.3, -0.25) is 4.79 Å². The molecule has 0 saturated heterocycles. The molecule has 0 atom stereocenters. The number of rotatable bonds is 1. The van der Waals surface area contributed by atoms with Crippen LogP contribution in [-0.2, 0) is 7.05 Å². The summed E-state index contributed by atoms with van der Waals surface area (Å²) in [6, 6.07) is 3.06. The normalized spacial score (nSPS) is 10.9. The fourth-order valence-electron chi connectivity index (χ4n) is 1.66. The summed E-state index contributed by atoms with van der Waals surface area (Å²) in [5.41, 5.74) is 1.40. The molecule has 0 spiro atoms. The number of carbonyl (C=O) groups excluding carboxylic acids is 1. The lowest BCUT2D eigenvalue weighted by atomic mass is 10.1. The van der Waals surface area contributed by atoms with Crippen LogP contribution in [0.5, 0.6) is 0 Å². The molecule has 0 aliphatic heterocycles. The number of halogens is 2. The van der Waals surface area contributed by atoms with Crippen molar-refractivity contribution < 1.29 is 9.18 Å². The third-order valence-electron chi connectivity index (χ3n) is 2.41. The van der Waals surface area contributed by atoms with Crippen molar-refractivity contribution >= 4 is 32.6 Å². The second kappa shape index (κ2) is 3.45. The first-order valence-electron chi connectivity index (χ1n) is 4.45. The summed E-state index contributed by atoms with van der Waals surface area (Å²) in [6.07, 6.45) is 1.72. The second-order valence-electron chi connectivity index (χ2n) is 3.49. The van der Waals surface area contributed by atoms with Crippen LogP contribution < -0.4 is 0 Å². The molecule has 15 heavy (non-hydrogen) atoms. The van der Waals surface area contributed by atoms with Crippen LogP contribution in [0.15, 0.2) is 22.8 Å². The van der Waals surface area contributed by atoms with Gasteiger partial charge in [0, 0.05) is 29.7 Å². The Morgan fingerprint density at radius 3 is 2.73 bits per heavy atom. The summed E-state index contributed by atoms with van der Waals surface area (Å²) >= 11 is 3.12. The first-order valence-corrected chi connectivity index (χ1v) is 5.25. The summed E-state index contributed by atoms with van der Waals surface area (Å²) in [7, 11) is 1.83. The number of benzene rings is 1. The van der Waals surface area contributed by atoms with E-state index in [1.165, 1.54) is 13.0 Å². The maximum atomic E-state index is 13.3. The van der Waals surface area contributed by atoms with Crippen molar-refractivity contribution in [2.75, 3.05) is 0 Å². The molecule has 78 valence electrons. The zero-order valence-electron chi connectivity index (χ0n) is 8.34. The summed E-state index contributed by atoms with van der Waals surface area (Å²) in [5, 5.41) is 0.658. The maximum Gasteiger partial charge on any atom is 0.161 e.